The van der Waals surface area contributed by atoms with Crippen molar-refractivity contribution in [3.05, 3.63) is 22.3 Å². The minimum atomic E-state index is -1.19. The maximum Gasteiger partial charge on any atom is 0.352 e. The van der Waals surface area contributed by atoms with Crippen LogP contribution in [0.4, 0.5) is 5.13 Å². The predicted molar refractivity (Wildman–Crippen MR) is 104 cm³/mol. The minimum Gasteiger partial charge on any atom is -0.477 e. The Labute approximate surface area is 167 Å². The lowest BCUT2D eigenvalue weighted by molar-refractivity contribution is -0.150. The number of nitrogens with two attached hydrogens (primary N) is 1. The lowest BCUT2D eigenvalue weighted by Gasteiger charge is -2.49. The lowest BCUT2D eigenvalue weighted by atomic mass is 10.0. The highest BCUT2D eigenvalue weighted by atomic mass is 32.2. The molecule has 0 saturated carbocycles. The van der Waals surface area contributed by atoms with E-state index in [2.05, 4.69) is 32.9 Å². The number of thiazole rings is 1. The van der Waals surface area contributed by atoms with E-state index in [9.17, 15) is 19.5 Å². The second-order valence-electron chi connectivity index (χ2n) is 5.47. The molecule has 1 fully saturated rings. The molecule has 2 atom stereocenters. The Morgan fingerprint density at radius 3 is 2.89 bits per heavy atom. The van der Waals surface area contributed by atoms with Gasteiger partial charge < -0.3 is 21.0 Å². The highest BCUT2D eigenvalue weighted by molar-refractivity contribution is 8.00. The quantitative estimate of drug-likeness (QED) is 0.209. The van der Waals surface area contributed by atoms with Crippen LogP contribution in [0, 0.1) is 0 Å². The maximum atomic E-state index is 12.6. The number of hydrogen-bond acceptors (Lipinski definition) is 10. The molecule has 4 N–H and O–H groups in total. The third-order valence-electron chi connectivity index (χ3n) is 3.89. The summed E-state index contributed by atoms with van der Waals surface area (Å²) in [7, 11) is 1.28. The first-order chi connectivity index (χ1) is 12.9. The Morgan fingerprint density at radius 1 is 1.59 bits per heavy atom. The van der Waals surface area contributed by atoms with Gasteiger partial charge in [0.25, 0.3) is 11.8 Å². The second-order valence-corrected chi connectivity index (χ2v) is 7.78. The summed E-state index contributed by atoms with van der Waals surface area (Å²) in [5, 5.41) is 16.9. The van der Waals surface area contributed by atoms with Crippen molar-refractivity contribution in [1.29, 1.82) is 0 Å². The van der Waals surface area contributed by atoms with Gasteiger partial charge in [-0.2, -0.15) is 12.6 Å². The molecule has 3 rings (SSSR count). The van der Waals surface area contributed by atoms with E-state index in [1.54, 1.807) is 5.38 Å². The van der Waals surface area contributed by atoms with E-state index >= 15 is 0 Å². The number of aromatic nitrogens is 1. The van der Waals surface area contributed by atoms with E-state index in [-0.39, 0.29) is 28.0 Å². The first-order valence-electron chi connectivity index (χ1n) is 7.53. The maximum absolute atomic E-state index is 12.6. The molecule has 1 aromatic heterocycles. The van der Waals surface area contributed by atoms with Gasteiger partial charge in [0.1, 0.15) is 29.9 Å². The predicted octanol–water partition coefficient (Wildman–Crippen LogP) is -0.256. The number of carboxylic acids is 1. The summed E-state index contributed by atoms with van der Waals surface area (Å²) >= 11 is 6.62. The lowest BCUT2D eigenvalue weighted by Crippen LogP contribution is -2.71. The molecule has 0 aromatic carbocycles. The largest absolute Gasteiger partial charge is 0.477 e. The Bertz CT molecular complexity index is 867. The van der Waals surface area contributed by atoms with E-state index in [0.29, 0.717) is 11.3 Å². The van der Waals surface area contributed by atoms with Crippen LogP contribution in [0.25, 0.3) is 0 Å². The molecular formula is C14H15N5O5S3. The van der Waals surface area contributed by atoms with Gasteiger partial charge in [-0.25, -0.2) is 9.78 Å². The number of anilines is 1. The number of nitrogens with one attached hydrogen (secondary N) is 1. The summed E-state index contributed by atoms with van der Waals surface area (Å²) in [5.74, 6) is -1.72. The van der Waals surface area contributed by atoms with E-state index in [1.807, 2.05) is 0 Å². The minimum absolute atomic E-state index is 0.0673. The molecule has 1 aromatic rings. The van der Waals surface area contributed by atoms with Crippen molar-refractivity contribution in [2.24, 2.45) is 5.16 Å². The van der Waals surface area contributed by atoms with Crippen LogP contribution < -0.4 is 11.1 Å². The van der Waals surface area contributed by atoms with Crippen molar-refractivity contribution in [3.8, 4) is 0 Å². The summed E-state index contributed by atoms with van der Waals surface area (Å²) in [4.78, 5) is 46.5. The van der Waals surface area contributed by atoms with Crippen LogP contribution in [-0.4, -0.2) is 68.5 Å². The molecule has 13 heteroatoms. The number of nitrogen functional groups attached to an aromatic ring is 1. The molecule has 27 heavy (non-hydrogen) atoms. The summed E-state index contributed by atoms with van der Waals surface area (Å²) in [6, 6.07) is -0.878. The zero-order valence-corrected chi connectivity index (χ0v) is 16.4. The first kappa shape index (κ1) is 19.5. The molecular weight excluding hydrogens is 414 g/mol. The van der Waals surface area contributed by atoms with Crippen molar-refractivity contribution in [2.75, 3.05) is 24.3 Å². The number of thiol groups is 1. The van der Waals surface area contributed by atoms with Gasteiger partial charge in [-0.15, -0.1) is 23.1 Å². The summed E-state index contributed by atoms with van der Waals surface area (Å²) in [6.45, 7) is 0. The Balaban J connectivity index is 1.79. The summed E-state index contributed by atoms with van der Waals surface area (Å²) < 4.78 is 0. The third kappa shape index (κ3) is 3.49. The van der Waals surface area contributed by atoms with Crippen molar-refractivity contribution in [2.45, 2.75) is 11.4 Å². The van der Waals surface area contributed by atoms with Gasteiger partial charge in [-0.05, 0) is 5.57 Å². The molecule has 0 radical (unpaired) electrons. The van der Waals surface area contributed by atoms with Gasteiger partial charge in [0.05, 0.1) is 0 Å². The summed E-state index contributed by atoms with van der Waals surface area (Å²) in [5.41, 5.74) is 6.17. The van der Waals surface area contributed by atoms with Crippen molar-refractivity contribution in [3.63, 3.8) is 0 Å². The Hall–Kier alpha value is -2.25. The Kier molecular flexibility index (Phi) is 5.62. The number of rotatable bonds is 6. The second kappa shape index (κ2) is 7.78. The number of aliphatic carboxylic acids is 1. The third-order valence-corrected chi connectivity index (χ3v) is 6.28. The topological polar surface area (TPSA) is 147 Å². The van der Waals surface area contributed by atoms with E-state index in [4.69, 9.17) is 5.73 Å². The fourth-order valence-electron chi connectivity index (χ4n) is 2.71. The molecule has 2 aliphatic heterocycles. The summed E-state index contributed by atoms with van der Waals surface area (Å²) in [6.07, 6.45) is 0. The number of amides is 2. The Morgan fingerprint density at radius 2 is 2.33 bits per heavy atom. The number of fused-ring (bicyclic) bond motifs is 1. The average Bonchev–Trinajstić information content (AvgIpc) is 3.08. The standard InChI is InChI=1S/C14H15N5O5S3/c1-24-18-7(6-4-27-14(15)16-6)10(20)17-8-11(21)19-9(13(22)23)5(2-25)3-26-12(8)19/h4,8,12,25H,2-3H2,1H3,(H2,15,16)(H,17,20)(H,22,23)/b18-7-/t8?,12-/m1/s1. The number of hydrogen-bond donors (Lipinski definition) is 4. The number of carbonyl (C=O) groups is 3. The van der Waals surface area contributed by atoms with Crippen LogP contribution in [-0.2, 0) is 19.2 Å². The number of oxime groups is 1. The van der Waals surface area contributed by atoms with Crippen LogP contribution in [0.3, 0.4) is 0 Å². The van der Waals surface area contributed by atoms with E-state index in [1.165, 1.54) is 23.8 Å². The first-order valence-corrected chi connectivity index (χ1v) is 10.1. The van der Waals surface area contributed by atoms with Crippen LogP contribution in [0.1, 0.15) is 5.69 Å². The molecule has 0 aliphatic carbocycles. The molecule has 10 nitrogen and oxygen atoms in total. The normalized spacial score (nSPS) is 22.2. The molecule has 1 saturated heterocycles. The van der Waals surface area contributed by atoms with E-state index in [0.717, 1.165) is 11.3 Å². The van der Waals surface area contributed by atoms with Crippen LogP contribution in [0.15, 0.2) is 21.8 Å². The van der Waals surface area contributed by atoms with Gasteiger partial charge in [0.15, 0.2) is 10.8 Å². The molecule has 2 aliphatic rings. The van der Waals surface area contributed by atoms with Gasteiger partial charge in [-0.3, -0.25) is 14.5 Å². The number of nitrogens with zero attached hydrogens (tertiary/aromatic N) is 3. The molecule has 1 unspecified atom stereocenters. The van der Waals surface area contributed by atoms with Crippen LogP contribution >= 0.6 is 35.7 Å². The van der Waals surface area contributed by atoms with Crippen LogP contribution in [0.2, 0.25) is 0 Å². The zero-order chi connectivity index (χ0) is 19.7. The molecule has 2 amide bonds. The van der Waals surface area contributed by atoms with Crippen molar-refractivity contribution >= 4 is 64.4 Å². The number of carbonyl (C=O) groups excluding carboxylic acids is 2. The number of thioether (sulfide) groups is 1. The monoisotopic (exact) mass is 429 g/mol. The average molecular weight is 430 g/mol. The van der Waals surface area contributed by atoms with Crippen LogP contribution in [0.5, 0.6) is 0 Å². The molecule has 0 bridgehead atoms. The van der Waals surface area contributed by atoms with Gasteiger partial charge in [-0.1, -0.05) is 5.16 Å². The highest BCUT2D eigenvalue weighted by Gasteiger charge is 2.54. The zero-order valence-electron chi connectivity index (χ0n) is 13.9. The molecule has 3 heterocycles. The van der Waals surface area contributed by atoms with E-state index < -0.39 is 29.2 Å². The van der Waals surface area contributed by atoms with Crippen molar-refractivity contribution < 1.29 is 24.3 Å². The number of carboxylic acid groups (broad SMARTS) is 1. The fraction of sp³-hybridized carbons (Fsp3) is 0.357. The number of β-lactam (4-membered cyclic amide) rings is 1. The van der Waals surface area contributed by atoms with Gasteiger partial charge >= 0.3 is 5.97 Å². The van der Waals surface area contributed by atoms with Crippen molar-refractivity contribution in [1.82, 2.24) is 15.2 Å². The van der Waals surface area contributed by atoms with Gasteiger partial charge in [0, 0.05) is 16.9 Å². The highest BCUT2D eigenvalue weighted by Crippen LogP contribution is 2.40. The fourth-order valence-corrected chi connectivity index (χ4v) is 5.01. The SMILES string of the molecule is CO/N=C(\C(=O)NC1C(=O)N2C(C(=O)O)=C(CS)CS[C@H]12)c1csc(N)n1. The molecule has 0 spiro atoms. The smallest absolute Gasteiger partial charge is 0.352 e. The van der Waals surface area contributed by atoms with Gasteiger partial charge in [0.2, 0.25) is 0 Å². The molecule has 144 valence electrons.